The SMILES string of the molecule is CCNc1cnc(C(=O)Nc2cnccn2)cn1. The smallest absolute Gasteiger partial charge is 0.277 e. The Kier molecular flexibility index (Phi) is 3.75. The van der Waals surface area contributed by atoms with E-state index in [4.69, 9.17) is 0 Å². The molecule has 2 aromatic rings. The molecular formula is C11H12N6O. The molecule has 0 spiro atoms. The van der Waals surface area contributed by atoms with Crippen LogP contribution in [0.1, 0.15) is 17.4 Å². The van der Waals surface area contributed by atoms with Crippen molar-refractivity contribution in [2.24, 2.45) is 0 Å². The highest BCUT2D eigenvalue weighted by atomic mass is 16.1. The topological polar surface area (TPSA) is 92.7 Å². The molecule has 0 aliphatic rings. The summed E-state index contributed by atoms with van der Waals surface area (Å²) >= 11 is 0. The minimum absolute atomic E-state index is 0.224. The summed E-state index contributed by atoms with van der Waals surface area (Å²) in [5.41, 5.74) is 0.224. The maximum Gasteiger partial charge on any atom is 0.277 e. The Balaban J connectivity index is 2.05. The molecule has 0 atom stereocenters. The third kappa shape index (κ3) is 2.97. The zero-order chi connectivity index (χ0) is 12.8. The molecule has 92 valence electrons. The second-order valence-electron chi connectivity index (χ2n) is 3.36. The van der Waals surface area contributed by atoms with Gasteiger partial charge in [0.05, 0.1) is 18.6 Å². The number of nitrogens with one attached hydrogen (secondary N) is 2. The summed E-state index contributed by atoms with van der Waals surface area (Å²) < 4.78 is 0. The van der Waals surface area contributed by atoms with Crippen LogP contribution in [0.15, 0.2) is 31.0 Å². The first kappa shape index (κ1) is 11.9. The number of nitrogens with zero attached hydrogens (tertiary/aromatic N) is 4. The number of anilines is 2. The van der Waals surface area contributed by atoms with Crippen molar-refractivity contribution in [3.63, 3.8) is 0 Å². The minimum Gasteiger partial charge on any atom is -0.369 e. The standard InChI is InChI=1S/C11H12N6O/c1-2-13-9-7-15-8(5-16-9)11(18)17-10-6-12-3-4-14-10/h3-7H,2H2,1H3,(H,13,16)(H,14,17,18). The van der Waals surface area contributed by atoms with E-state index in [-0.39, 0.29) is 11.6 Å². The molecule has 0 radical (unpaired) electrons. The lowest BCUT2D eigenvalue weighted by Crippen LogP contribution is -2.15. The summed E-state index contributed by atoms with van der Waals surface area (Å²) in [5.74, 6) is 0.639. The van der Waals surface area contributed by atoms with Gasteiger partial charge >= 0.3 is 0 Å². The predicted octanol–water partition coefficient (Wildman–Crippen LogP) is 0.951. The fraction of sp³-hybridized carbons (Fsp3) is 0.182. The van der Waals surface area contributed by atoms with Crippen LogP contribution in [0.3, 0.4) is 0 Å². The number of amides is 1. The highest BCUT2D eigenvalue weighted by Crippen LogP contribution is 2.04. The second-order valence-corrected chi connectivity index (χ2v) is 3.36. The molecule has 18 heavy (non-hydrogen) atoms. The van der Waals surface area contributed by atoms with Crippen LogP contribution in [0.5, 0.6) is 0 Å². The van der Waals surface area contributed by atoms with Crippen molar-refractivity contribution in [2.45, 2.75) is 6.92 Å². The highest BCUT2D eigenvalue weighted by Gasteiger charge is 2.08. The van der Waals surface area contributed by atoms with Crippen molar-refractivity contribution in [1.82, 2.24) is 19.9 Å². The van der Waals surface area contributed by atoms with Crippen LogP contribution in [0, 0.1) is 0 Å². The molecule has 0 aliphatic carbocycles. The number of aromatic nitrogens is 4. The van der Waals surface area contributed by atoms with E-state index in [1.165, 1.54) is 31.0 Å². The molecule has 7 heteroatoms. The summed E-state index contributed by atoms with van der Waals surface area (Å²) in [4.78, 5) is 27.6. The van der Waals surface area contributed by atoms with E-state index in [1.807, 2.05) is 6.92 Å². The van der Waals surface area contributed by atoms with Gasteiger partial charge < -0.3 is 10.6 Å². The molecule has 0 aliphatic heterocycles. The maximum absolute atomic E-state index is 11.8. The Morgan fingerprint density at radius 2 is 2.00 bits per heavy atom. The molecule has 1 amide bonds. The summed E-state index contributed by atoms with van der Waals surface area (Å²) in [6, 6.07) is 0. The van der Waals surface area contributed by atoms with E-state index in [1.54, 1.807) is 0 Å². The van der Waals surface area contributed by atoms with Crippen molar-refractivity contribution in [1.29, 1.82) is 0 Å². The molecule has 0 aromatic carbocycles. The normalized spacial score (nSPS) is 9.83. The molecule has 0 bridgehead atoms. The van der Waals surface area contributed by atoms with E-state index in [0.29, 0.717) is 11.6 Å². The summed E-state index contributed by atoms with van der Waals surface area (Å²) in [5, 5.41) is 5.57. The first-order valence-corrected chi connectivity index (χ1v) is 5.43. The van der Waals surface area contributed by atoms with Gasteiger partial charge in [0.15, 0.2) is 5.82 Å². The van der Waals surface area contributed by atoms with Crippen molar-refractivity contribution < 1.29 is 4.79 Å². The van der Waals surface area contributed by atoms with Gasteiger partial charge in [0.2, 0.25) is 0 Å². The fourth-order valence-corrected chi connectivity index (χ4v) is 1.26. The monoisotopic (exact) mass is 244 g/mol. The van der Waals surface area contributed by atoms with Crippen LogP contribution in [-0.4, -0.2) is 32.4 Å². The summed E-state index contributed by atoms with van der Waals surface area (Å²) in [6.45, 7) is 2.70. The Morgan fingerprint density at radius 1 is 1.11 bits per heavy atom. The van der Waals surface area contributed by atoms with Gasteiger partial charge in [0.1, 0.15) is 11.5 Å². The fourth-order valence-electron chi connectivity index (χ4n) is 1.26. The number of rotatable bonds is 4. The Bertz CT molecular complexity index is 513. The minimum atomic E-state index is -0.369. The van der Waals surface area contributed by atoms with E-state index in [9.17, 15) is 4.79 Å². The molecule has 0 unspecified atom stereocenters. The predicted molar refractivity (Wildman–Crippen MR) is 66.2 cm³/mol. The highest BCUT2D eigenvalue weighted by molar-refractivity contribution is 6.02. The van der Waals surface area contributed by atoms with Crippen molar-refractivity contribution in [3.05, 3.63) is 36.7 Å². The molecule has 2 heterocycles. The molecule has 0 saturated heterocycles. The first-order valence-electron chi connectivity index (χ1n) is 5.43. The van der Waals surface area contributed by atoms with Gasteiger partial charge in [-0.1, -0.05) is 0 Å². The number of carbonyl (C=O) groups is 1. The lowest BCUT2D eigenvalue weighted by molar-refractivity contribution is 0.102. The number of carbonyl (C=O) groups excluding carboxylic acids is 1. The van der Waals surface area contributed by atoms with Gasteiger partial charge in [-0.25, -0.2) is 15.0 Å². The Morgan fingerprint density at radius 3 is 2.61 bits per heavy atom. The van der Waals surface area contributed by atoms with Crippen molar-refractivity contribution >= 4 is 17.5 Å². The van der Waals surface area contributed by atoms with Gasteiger partial charge in [-0.15, -0.1) is 0 Å². The largest absolute Gasteiger partial charge is 0.369 e. The molecular weight excluding hydrogens is 232 g/mol. The van der Waals surface area contributed by atoms with Crippen LogP contribution in [0.2, 0.25) is 0 Å². The van der Waals surface area contributed by atoms with Crippen molar-refractivity contribution in [3.8, 4) is 0 Å². The van der Waals surface area contributed by atoms with E-state index < -0.39 is 0 Å². The first-order chi connectivity index (χ1) is 8.79. The molecule has 0 saturated carbocycles. The Labute approximate surface area is 104 Å². The zero-order valence-electron chi connectivity index (χ0n) is 9.79. The van der Waals surface area contributed by atoms with Gasteiger partial charge in [-0.2, -0.15) is 0 Å². The summed E-state index contributed by atoms with van der Waals surface area (Å²) in [7, 11) is 0. The second kappa shape index (κ2) is 5.67. The molecule has 7 nitrogen and oxygen atoms in total. The van der Waals surface area contributed by atoms with Crippen molar-refractivity contribution in [2.75, 3.05) is 17.2 Å². The van der Waals surface area contributed by atoms with E-state index in [0.717, 1.165) is 6.54 Å². The quantitative estimate of drug-likeness (QED) is 0.831. The van der Waals surface area contributed by atoms with E-state index >= 15 is 0 Å². The van der Waals surface area contributed by atoms with E-state index in [2.05, 4.69) is 30.6 Å². The molecule has 2 aromatic heterocycles. The van der Waals surface area contributed by atoms with Gasteiger partial charge in [0, 0.05) is 18.9 Å². The third-order valence-electron chi connectivity index (χ3n) is 2.05. The van der Waals surface area contributed by atoms with Crippen LogP contribution < -0.4 is 10.6 Å². The van der Waals surface area contributed by atoms with Crippen LogP contribution in [0.25, 0.3) is 0 Å². The zero-order valence-corrected chi connectivity index (χ0v) is 9.79. The van der Waals surface area contributed by atoms with Gasteiger partial charge in [0.25, 0.3) is 5.91 Å². The van der Waals surface area contributed by atoms with Gasteiger partial charge in [-0.05, 0) is 6.92 Å². The number of hydrogen-bond donors (Lipinski definition) is 2. The summed E-state index contributed by atoms with van der Waals surface area (Å²) in [6.07, 6.45) is 7.40. The molecule has 0 fully saturated rings. The molecule has 2 rings (SSSR count). The van der Waals surface area contributed by atoms with Crippen LogP contribution in [-0.2, 0) is 0 Å². The third-order valence-corrected chi connectivity index (χ3v) is 2.05. The number of hydrogen-bond acceptors (Lipinski definition) is 6. The van der Waals surface area contributed by atoms with Crippen LogP contribution in [0.4, 0.5) is 11.6 Å². The van der Waals surface area contributed by atoms with Crippen LogP contribution >= 0.6 is 0 Å². The average molecular weight is 244 g/mol. The molecule has 2 N–H and O–H groups in total. The lowest BCUT2D eigenvalue weighted by Gasteiger charge is -2.04. The van der Waals surface area contributed by atoms with Gasteiger partial charge in [-0.3, -0.25) is 9.78 Å². The Hall–Kier alpha value is -2.57. The lowest BCUT2D eigenvalue weighted by atomic mass is 10.4. The maximum atomic E-state index is 11.8. The average Bonchev–Trinajstić information content (AvgIpc) is 2.41.